The number of fused-ring (bicyclic) bond motifs is 4. The van der Waals surface area contributed by atoms with Gasteiger partial charge in [-0.2, -0.15) is 0 Å². The molecule has 0 spiro atoms. The summed E-state index contributed by atoms with van der Waals surface area (Å²) in [6, 6.07) is 28.4. The van der Waals surface area contributed by atoms with E-state index >= 15 is 0 Å². The molecule has 58 heavy (non-hydrogen) atoms. The second-order valence-electron chi connectivity index (χ2n) is 17.5. The molecule has 1 heterocycles. The van der Waals surface area contributed by atoms with Gasteiger partial charge in [0, 0.05) is 17.2 Å². The lowest BCUT2D eigenvalue weighted by atomic mass is 9.56. The Balaban J connectivity index is 1.42. The average molecular weight is 726 g/mol. The summed E-state index contributed by atoms with van der Waals surface area (Å²) in [5, 5.41) is 5.72. The van der Waals surface area contributed by atoms with Gasteiger partial charge in [-0.15, -0.1) is 32.8 Å². The van der Waals surface area contributed by atoms with Crippen molar-refractivity contribution in [3.8, 4) is 17.1 Å². The van der Waals surface area contributed by atoms with E-state index in [9.17, 15) is 0 Å². The molecule has 0 saturated carbocycles. The summed E-state index contributed by atoms with van der Waals surface area (Å²) in [6.07, 6.45) is 0. The van der Waals surface area contributed by atoms with E-state index in [0.29, 0.717) is 0 Å². The van der Waals surface area contributed by atoms with E-state index in [4.69, 9.17) is 4.98 Å². The van der Waals surface area contributed by atoms with Crippen LogP contribution in [-0.4, -0.2) is 119 Å². The summed E-state index contributed by atoms with van der Waals surface area (Å²) >= 11 is 0. The number of aromatic nitrogens is 2. The van der Waals surface area contributed by atoms with E-state index in [1.165, 1.54) is 126 Å². The van der Waals surface area contributed by atoms with Gasteiger partial charge in [0.05, 0.1) is 11.0 Å². The van der Waals surface area contributed by atoms with Gasteiger partial charge in [0.1, 0.15) is 116 Å². The Hall–Kier alpha value is -4.82. The molecule has 0 radical (unpaired) electrons. The second kappa shape index (κ2) is 13.9. The van der Waals surface area contributed by atoms with Gasteiger partial charge >= 0.3 is 0 Å². The predicted octanol–water partition coefficient (Wildman–Crippen LogP) is -13.9. The molecule has 0 saturated heterocycles. The van der Waals surface area contributed by atoms with Crippen LogP contribution in [0.25, 0.3) is 50.0 Å². The standard InChI is InChI=1S/C42H42B14N2/c43-28-25(33(48)34(49)27-26(28)35(50)40(55)41(56)36(27)51)20-23-21(29(44)37(52)31(23)46)19(22-24(20)32(47)39(54)38(53)30(22)45)14-10-12-16(13-11-14)58-18-9-5-4-8-17(18)57-42(58)15-6-2-1-3-7-15/h1-13,23H,43-56H2. The Morgan fingerprint density at radius 3 is 1.60 bits per heavy atom. The highest BCUT2D eigenvalue weighted by Crippen LogP contribution is 2.46. The van der Waals surface area contributed by atoms with Gasteiger partial charge in [0.2, 0.25) is 0 Å². The highest BCUT2D eigenvalue weighted by atomic mass is 15.1. The maximum absolute atomic E-state index is 5.15. The lowest BCUT2D eigenvalue weighted by molar-refractivity contribution is 1.01. The van der Waals surface area contributed by atoms with Gasteiger partial charge in [0.25, 0.3) is 0 Å². The third kappa shape index (κ3) is 5.28. The van der Waals surface area contributed by atoms with Crippen LogP contribution in [0.1, 0.15) is 11.1 Å². The van der Waals surface area contributed by atoms with E-state index in [1.807, 2.05) is 0 Å². The van der Waals surface area contributed by atoms with Crippen LogP contribution in [0.15, 0.2) is 101 Å². The zero-order valence-electron chi connectivity index (χ0n) is 37.0. The van der Waals surface area contributed by atoms with Crippen LogP contribution in [0.4, 0.5) is 0 Å². The summed E-state index contributed by atoms with van der Waals surface area (Å²) in [5.74, 6) is 1.12. The first-order valence-electron chi connectivity index (χ1n) is 21.0. The van der Waals surface area contributed by atoms with Crippen LogP contribution in [0.2, 0.25) is 0 Å². The molecule has 1 atom stereocenters. The van der Waals surface area contributed by atoms with Crippen LogP contribution in [-0.2, 0) is 0 Å². The predicted molar refractivity (Wildman–Crippen MR) is 294 cm³/mol. The topological polar surface area (TPSA) is 17.8 Å². The maximum Gasteiger partial charge on any atom is 0.145 e. The minimum atomic E-state index is 0.159. The Labute approximate surface area is 356 Å². The molecule has 0 aliphatic heterocycles. The number of hydrogen-bond donors (Lipinski definition) is 0. The highest BCUT2D eigenvalue weighted by molar-refractivity contribution is 6.72. The van der Waals surface area contributed by atoms with Crippen LogP contribution >= 0.6 is 0 Å². The van der Waals surface area contributed by atoms with Crippen LogP contribution in [0.3, 0.4) is 0 Å². The fraction of sp³-hybridized carbons (Fsp3) is 0.0238. The molecule has 0 bridgehead atoms. The van der Waals surface area contributed by atoms with Gasteiger partial charge in [-0.1, -0.05) is 98.3 Å². The van der Waals surface area contributed by atoms with E-state index in [-0.39, 0.29) is 5.92 Å². The molecule has 2 aliphatic rings. The number of para-hydroxylation sites is 2. The normalized spacial score (nSPS) is 15.1. The van der Waals surface area contributed by atoms with E-state index in [1.54, 1.807) is 0 Å². The fourth-order valence-electron chi connectivity index (χ4n) is 10.9. The molecule has 2 nitrogen and oxygen atoms in total. The van der Waals surface area contributed by atoms with Gasteiger partial charge in [-0.05, 0) is 73.3 Å². The van der Waals surface area contributed by atoms with Crippen molar-refractivity contribution < 1.29 is 0 Å². The molecule has 6 aromatic carbocycles. The van der Waals surface area contributed by atoms with Crippen molar-refractivity contribution in [2.45, 2.75) is 0 Å². The maximum atomic E-state index is 5.15. The molecule has 0 fully saturated rings. The second-order valence-corrected chi connectivity index (χ2v) is 17.5. The molecule has 0 N–H and O–H groups in total. The largest absolute Gasteiger partial charge is 0.292 e. The van der Waals surface area contributed by atoms with E-state index < -0.39 is 0 Å². The third-order valence-corrected chi connectivity index (χ3v) is 15.1. The quantitative estimate of drug-likeness (QED) is 0.165. The number of nitrogens with zero attached hydrogens (tertiary/aromatic N) is 2. The van der Waals surface area contributed by atoms with E-state index in [2.05, 4.69) is 193 Å². The summed E-state index contributed by atoms with van der Waals surface area (Å²) < 4.78 is 2.32. The zero-order chi connectivity index (χ0) is 41.2. The van der Waals surface area contributed by atoms with E-state index in [0.717, 1.165) is 28.1 Å². The summed E-state index contributed by atoms with van der Waals surface area (Å²) in [5.41, 5.74) is 31.2. The Morgan fingerprint density at radius 1 is 0.431 bits per heavy atom. The Kier molecular flexibility index (Phi) is 9.27. The number of allylic oxidation sites excluding steroid dienone is 4. The van der Waals surface area contributed by atoms with Crippen LogP contribution < -0.4 is 70.5 Å². The van der Waals surface area contributed by atoms with Crippen molar-refractivity contribution >= 4 is 203 Å². The lowest BCUT2D eigenvalue weighted by Crippen LogP contribution is -2.66. The smallest absolute Gasteiger partial charge is 0.145 e. The Bertz CT molecular complexity index is 3200. The summed E-state index contributed by atoms with van der Waals surface area (Å²) in [7, 11) is 33.1. The van der Waals surface area contributed by atoms with Crippen molar-refractivity contribution in [1.29, 1.82) is 0 Å². The molecule has 1 unspecified atom stereocenters. The van der Waals surface area contributed by atoms with Crippen molar-refractivity contribution in [1.82, 2.24) is 9.55 Å². The molecular formula is C42H42B14N2. The first-order valence-corrected chi connectivity index (χ1v) is 21.0. The molecule has 0 amide bonds. The monoisotopic (exact) mass is 728 g/mol. The molecule has 2 aliphatic carbocycles. The Morgan fingerprint density at radius 2 is 0.966 bits per heavy atom. The van der Waals surface area contributed by atoms with Crippen molar-refractivity contribution in [2.75, 3.05) is 0 Å². The van der Waals surface area contributed by atoms with Crippen molar-refractivity contribution in [3.05, 3.63) is 122 Å². The van der Waals surface area contributed by atoms with Gasteiger partial charge in [0.15, 0.2) is 0 Å². The fourth-order valence-corrected chi connectivity index (χ4v) is 10.9. The first kappa shape index (κ1) is 38.7. The molecule has 262 valence electrons. The summed E-state index contributed by atoms with van der Waals surface area (Å²) in [6.45, 7) is 0. The first-order chi connectivity index (χ1) is 27.7. The number of rotatable bonds is 4. The lowest BCUT2D eigenvalue weighted by Gasteiger charge is -2.35. The van der Waals surface area contributed by atoms with Gasteiger partial charge < -0.3 is 0 Å². The van der Waals surface area contributed by atoms with Crippen molar-refractivity contribution in [3.63, 3.8) is 0 Å². The van der Waals surface area contributed by atoms with Crippen molar-refractivity contribution in [2.24, 2.45) is 5.92 Å². The number of benzene rings is 6. The minimum absolute atomic E-state index is 0.159. The average Bonchev–Trinajstić information content (AvgIpc) is 3.73. The molecule has 1 aromatic heterocycles. The summed E-state index contributed by atoms with van der Waals surface area (Å²) in [4.78, 5) is 5.15. The highest BCUT2D eigenvalue weighted by Gasteiger charge is 2.38. The van der Waals surface area contributed by atoms with Crippen LogP contribution in [0, 0.1) is 5.92 Å². The SMILES string of the molecule is BC1=C(B)C2C(=C1B)C(c1ccc(-n3c(-c4ccccc4)nc4ccccc43)cc1)=c1c(B)c(B)c(B)c(B)c1=C2c1c(B)c(B)c2c(B)c(B)c(B)c(B)c2c1B. The minimum Gasteiger partial charge on any atom is -0.292 e. The van der Waals surface area contributed by atoms with Gasteiger partial charge in [-0.3, -0.25) is 4.57 Å². The molecular weight excluding hydrogens is 684 g/mol. The molecule has 16 heteroatoms. The number of imidazole rings is 1. The molecule has 9 rings (SSSR count). The third-order valence-electron chi connectivity index (χ3n) is 15.1. The molecule has 7 aromatic rings. The van der Waals surface area contributed by atoms with Gasteiger partial charge in [-0.25, -0.2) is 4.98 Å². The number of hydrogen-bond acceptors (Lipinski definition) is 1. The van der Waals surface area contributed by atoms with Crippen LogP contribution in [0.5, 0.6) is 0 Å². The zero-order valence-corrected chi connectivity index (χ0v) is 37.0.